The molecule has 15 heavy (non-hydrogen) atoms. The zero-order valence-corrected chi connectivity index (χ0v) is 10.2. The Labute approximate surface area is 97.1 Å². The number of hydrogen-bond acceptors (Lipinski definition) is 3. The second-order valence-electron chi connectivity index (χ2n) is 3.89. The number of aliphatic hydroxyl groups is 1. The van der Waals surface area contributed by atoms with E-state index in [1.54, 1.807) is 11.8 Å². The van der Waals surface area contributed by atoms with Gasteiger partial charge in [0, 0.05) is 19.0 Å². The van der Waals surface area contributed by atoms with Gasteiger partial charge in [0.1, 0.15) is 11.9 Å². The average molecular weight is 233 g/mol. The number of amides is 1. The monoisotopic (exact) mass is 233 g/mol. The molecule has 1 fully saturated rings. The van der Waals surface area contributed by atoms with Crippen LogP contribution in [0.1, 0.15) is 26.7 Å². The first kappa shape index (κ1) is 14.5. The third kappa shape index (κ3) is 3.83. The van der Waals surface area contributed by atoms with Crippen LogP contribution in [0.4, 0.5) is 0 Å². The molecular weight excluding hydrogens is 214 g/mol. The van der Waals surface area contributed by atoms with E-state index in [2.05, 4.69) is 0 Å². The molecule has 1 aliphatic heterocycles. The second kappa shape index (κ2) is 6.12. The summed E-state index contributed by atoms with van der Waals surface area (Å²) >= 11 is 0. The minimum absolute atomic E-state index is 0. The Balaban J connectivity index is 0.00000196. The van der Waals surface area contributed by atoms with Crippen LogP contribution >= 0.6 is 13.5 Å². The van der Waals surface area contributed by atoms with E-state index in [1.807, 2.05) is 0 Å². The van der Waals surface area contributed by atoms with Crippen LogP contribution in [0.5, 0.6) is 0 Å². The smallest absolute Gasteiger partial charge is 0.251 e. The van der Waals surface area contributed by atoms with E-state index in [0.717, 1.165) is 12.8 Å². The summed E-state index contributed by atoms with van der Waals surface area (Å²) in [7, 11) is 0. The largest absolute Gasteiger partial charge is 0.384 e. The van der Waals surface area contributed by atoms with Gasteiger partial charge < -0.3 is 10.0 Å². The molecule has 0 radical (unpaired) electrons. The van der Waals surface area contributed by atoms with E-state index in [-0.39, 0.29) is 31.1 Å². The van der Waals surface area contributed by atoms with Gasteiger partial charge in [-0.1, -0.05) is 0 Å². The minimum Gasteiger partial charge on any atom is -0.384 e. The highest BCUT2D eigenvalue weighted by molar-refractivity contribution is 7.59. The number of hydrogen-bond donors (Lipinski definition) is 1. The Morgan fingerprint density at radius 2 is 1.80 bits per heavy atom. The molecule has 0 unspecified atom stereocenters. The van der Waals surface area contributed by atoms with Gasteiger partial charge in [-0.2, -0.15) is 13.5 Å². The molecule has 88 valence electrons. The van der Waals surface area contributed by atoms with Crippen molar-refractivity contribution in [1.82, 2.24) is 4.90 Å². The lowest BCUT2D eigenvalue weighted by Crippen LogP contribution is -2.43. The van der Waals surface area contributed by atoms with Gasteiger partial charge in [-0.25, -0.2) is 0 Å². The summed E-state index contributed by atoms with van der Waals surface area (Å²) in [5.41, 5.74) is 0. The van der Waals surface area contributed by atoms with Crippen LogP contribution in [0, 0.1) is 5.92 Å². The standard InChI is InChI=1S/C10H17NO3.H2S/c1-7(12)9-3-5-11(6-4-9)10(14)8(2)13;/h8-9,13H,3-6H2,1-2H3;1H2/t8-;/m0./s1. The van der Waals surface area contributed by atoms with E-state index < -0.39 is 6.10 Å². The van der Waals surface area contributed by atoms with Crippen LogP contribution in [0.2, 0.25) is 0 Å². The molecule has 1 rings (SSSR count). The van der Waals surface area contributed by atoms with Crippen LogP contribution in [0.3, 0.4) is 0 Å². The van der Waals surface area contributed by atoms with Gasteiger partial charge in [0.05, 0.1) is 0 Å². The molecular formula is C10H19NO3S. The molecule has 0 bridgehead atoms. The molecule has 1 atom stereocenters. The molecule has 0 spiro atoms. The first-order valence-electron chi connectivity index (χ1n) is 4.99. The minimum atomic E-state index is -0.927. The molecule has 1 heterocycles. The summed E-state index contributed by atoms with van der Waals surface area (Å²) < 4.78 is 0. The number of Topliss-reactive ketones (excluding diaryl/α,β-unsaturated/α-hetero) is 1. The van der Waals surface area contributed by atoms with Crippen molar-refractivity contribution < 1.29 is 14.7 Å². The van der Waals surface area contributed by atoms with E-state index in [4.69, 9.17) is 5.11 Å². The third-order valence-electron chi connectivity index (χ3n) is 2.74. The van der Waals surface area contributed by atoms with Gasteiger partial charge in [-0.05, 0) is 26.7 Å². The SMILES string of the molecule is CC(=O)C1CCN(C(=O)[C@H](C)O)CC1.S. The van der Waals surface area contributed by atoms with E-state index >= 15 is 0 Å². The van der Waals surface area contributed by atoms with Gasteiger partial charge >= 0.3 is 0 Å². The van der Waals surface area contributed by atoms with Crippen molar-refractivity contribution in [2.24, 2.45) is 5.92 Å². The lowest BCUT2D eigenvalue weighted by atomic mass is 9.93. The number of rotatable bonds is 2. The van der Waals surface area contributed by atoms with Gasteiger partial charge in [0.25, 0.3) is 5.91 Å². The van der Waals surface area contributed by atoms with Gasteiger partial charge in [-0.3, -0.25) is 9.59 Å². The molecule has 5 heteroatoms. The Kier molecular flexibility index (Phi) is 5.90. The van der Waals surface area contributed by atoms with Crippen LogP contribution in [-0.4, -0.2) is 40.9 Å². The normalized spacial score (nSPS) is 19.3. The Hall–Kier alpha value is -0.550. The molecule has 0 aromatic rings. The quantitative estimate of drug-likeness (QED) is 0.746. The number of carbonyl (C=O) groups excluding carboxylic acids is 2. The van der Waals surface area contributed by atoms with Crippen LogP contribution in [0.25, 0.3) is 0 Å². The Bertz CT molecular complexity index is 235. The summed E-state index contributed by atoms with van der Waals surface area (Å²) in [5, 5.41) is 9.09. The molecule has 0 aliphatic carbocycles. The zero-order chi connectivity index (χ0) is 10.7. The maximum Gasteiger partial charge on any atom is 0.251 e. The second-order valence-corrected chi connectivity index (χ2v) is 3.89. The summed E-state index contributed by atoms with van der Waals surface area (Å²) in [5.74, 6) is 0.0780. The maximum absolute atomic E-state index is 11.4. The highest BCUT2D eigenvalue weighted by Gasteiger charge is 2.26. The van der Waals surface area contributed by atoms with Crippen molar-refractivity contribution in [3.63, 3.8) is 0 Å². The van der Waals surface area contributed by atoms with Gasteiger partial charge in [0.2, 0.25) is 0 Å². The van der Waals surface area contributed by atoms with Crippen molar-refractivity contribution in [2.45, 2.75) is 32.8 Å². The van der Waals surface area contributed by atoms with Crippen molar-refractivity contribution >= 4 is 25.2 Å². The third-order valence-corrected chi connectivity index (χ3v) is 2.74. The molecule has 1 N–H and O–H groups in total. The first-order chi connectivity index (χ1) is 6.52. The predicted octanol–water partition coefficient (Wildman–Crippen LogP) is 0.308. The number of piperidine rings is 1. The zero-order valence-electron chi connectivity index (χ0n) is 9.19. The maximum atomic E-state index is 11.4. The number of ketones is 1. The van der Waals surface area contributed by atoms with Crippen molar-refractivity contribution in [1.29, 1.82) is 0 Å². The van der Waals surface area contributed by atoms with E-state index in [0.29, 0.717) is 13.1 Å². The summed E-state index contributed by atoms with van der Waals surface area (Å²) in [6.45, 7) is 4.25. The Morgan fingerprint density at radius 1 is 1.33 bits per heavy atom. The van der Waals surface area contributed by atoms with Crippen LogP contribution in [0.15, 0.2) is 0 Å². The van der Waals surface area contributed by atoms with Crippen molar-refractivity contribution in [3.05, 3.63) is 0 Å². The molecule has 1 saturated heterocycles. The van der Waals surface area contributed by atoms with E-state index in [9.17, 15) is 9.59 Å². The summed E-state index contributed by atoms with van der Waals surface area (Å²) in [4.78, 5) is 24.1. The van der Waals surface area contributed by atoms with Crippen LogP contribution < -0.4 is 0 Å². The molecule has 0 saturated carbocycles. The highest BCUT2D eigenvalue weighted by Crippen LogP contribution is 2.18. The lowest BCUT2D eigenvalue weighted by Gasteiger charge is -2.31. The highest BCUT2D eigenvalue weighted by atomic mass is 32.1. The summed E-state index contributed by atoms with van der Waals surface area (Å²) in [6.07, 6.45) is 0.533. The fourth-order valence-electron chi connectivity index (χ4n) is 1.77. The molecule has 0 aromatic heterocycles. The molecule has 1 aliphatic rings. The molecule has 1 amide bonds. The average Bonchev–Trinajstić information content (AvgIpc) is 2.16. The van der Waals surface area contributed by atoms with E-state index in [1.165, 1.54) is 6.92 Å². The predicted molar refractivity (Wildman–Crippen MR) is 62.0 cm³/mol. The number of nitrogens with zero attached hydrogens (tertiary/aromatic N) is 1. The molecule has 4 nitrogen and oxygen atoms in total. The topological polar surface area (TPSA) is 57.6 Å². The lowest BCUT2D eigenvalue weighted by molar-refractivity contribution is -0.141. The van der Waals surface area contributed by atoms with Crippen molar-refractivity contribution in [2.75, 3.05) is 13.1 Å². The Morgan fingerprint density at radius 3 is 2.13 bits per heavy atom. The van der Waals surface area contributed by atoms with Gasteiger partial charge in [0.15, 0.2) is 0 Å². The fraction of sp³-hybridized carbons (Fsp3) is 0.800. The number of likely N-dealkylation sites (tertiary alicyclic amines) is 1. The summed E-state index contributed by atoms with van der Waals surface area (Å²) in [6, 6.07) is 0. The van der Waals surface area contributed by atoms with Gasteiger partial charge in [-0.15, -0.1) is 0 Å². The number of carbonyl (C=O) groups is 2. The molecule has 0 aromatic carbocycles. The first-order valence-corrected chi connectivity index (χ1v) is 4.99. The van der Waals surface area contributed by atoms with Crippen LogP contribution in [-0.2, 0) is 9.59 Å². The van der Waals surface area contributed by atoms with Crippen molar-refractivity contribution in [3.8, 4) is 0 Å². The fourth-order valence-corrected chi connectivity index (χ4v) is 1.77. The number of aliphatic hydroxyl groups excluding tert-OH is 1.